The van der Waals surface area contributed by atoms with E-state index < -0.39 is 0 Å². The summed E-state index contributed by atoms with van der Waals surface area (Å²) in [5, 5.41) is 5.98. The molecule has 4 heteroatoms. The van der Waals surface area contributed by atoms with Crippen LogP contribution in [0.4, 0.5) is 0 Å². The van der Waals surface area contributed by atoms with Crippen LogP contribution in [0.3, 0.4) is 0 Å². The van der Waals surface area contributed by atoms with Gasteiger partial charge in [0.25, 0.3) is 0 Å². The first-order valence-corrected chi connectivity index (χ1v) is 10.2. The third kappa shape index (κ3) is 3.36. The van der Waals surface area contributed by atoms with Gasteiger partial charge in [0, 0.05) is 12.0 Å². The zero-order valence-corrected chi connectivity index (χ0v) is 16.8. The van der Waals surface area contributed by atoms with Gasteiger partial charge < -0.3 is 10.2 Å². The lowest BCUT2D eigenvalue weighted by molar-refractivity contribution is -0.136. The highest BCUT2D eigenvalue weighted by molar-refractivity contribution is 5.86. The van der Waals surface area contributed by atoms with E-state index in [0.717, 1.165) is 19.5 Å². The monoisotopic (exact) mass is 384 g/mol. The maximum Gasteiger partial charge on any atom is 0.227 e. The molecule has 2 atom stereocenters. The third-order valence-corrected chi connectivity index (χ3v) is 6.96. The van der Waals surface area contributed by atoms with Crippen molar-refractivity contribution in [3.8, 4) is 0 Å². The number of hydrogen-bond acceptors (Lipinski definition) is 2. The number of nitrogens with zero attached hydrogens (tertiary/aromatic N) is 1. The average Bonchev–Trinajstić information content (AvgIpc) is 3.60. The molecule has 3 aliphatic rings. The molecular formula is C23H29ClN2O. The van der Waals surface area contributed by atoms with Gasteiger partial charge in [-0.25, -0.2) is 0 Å². The Morgan fingerprint density at radius 2 is 1.81 bits per heavy atom. The van der Waals surface area contributed by atoms with Crippen LogP contribution in [0, 0.1) is 11.3 Å². The molecule has 1 N–H and O–H groups in total. The molecule has 2 aromatic carbocycles. The lowest BCUT2D eigenvalue weighted by Gasteiger charge is -2.32. The lowest BCUT2D eigenvalue weighted by Crippen LogP contribution is -2.39. The summed E-state index contributed by atoms with van der Waals surface area (Å²) in [4.78, 5) is 15.7. The number of rotatable bonds is 4. The maximum atomic E-state index is 13.4. The van der Waals surface area contributed by atoms with Crippen molar-refractivity contribution in [3.63, 3.8) is 0 Å². The van der Waals surface area contributed by atoms with Crippen molar-refractivity contribution >= 4 is 29.1 Å². The number of nitrogens with one attached hydrogen (secondary N) is 1. The summed E-state index contributed by atoms with van der Waals surface area (Å²) in [5.74, 6) is 0.697. The Labute approximate surface area is 167 Å². The van der Waals surface area contributed by atoms with Crippen LogP contribution in [-0.4, -0.2) is 29.9 Å². The molecule has 2 saturated carbocycles. The summed E-state index contributed by atoms with van der Waals surface area (Å²) in [6.45, 7) is 4.37. The van der Waals surface area contributed by atoms with E-state index in [1.165, 1.54) is 42.0 Å². The van der Waals surface area contributed by atoms with E-state index in [9.17, 15) is 4.79 Å². The van der Waals surface area contributed by atoms with Gasteiger partial charge in [-0.1, -0.05) is 36.4 Å². The van der Waals surface area contributed by atoms with Crippen LogP contribution < -0.4 is 5.32 Å². The number of carbonyl (C=O) groups is 1. The van der Waals surface area contributed by atoms with Crippen molar-refractivity contribution in [1.29, 1.82) is 0 Å². The molecule has 1 spiro atoms. The van der Waals surface area contributed by atoms with E-state index in [0.29, 0.717) is 17.4 Å². The molecule has 3 fully saturated rings. The van der Waals surface area contributed by atoms with Gasteiger partial charge in [0.2, 0.25) is 5.91 Å². The Kier molecular flexibility index (Phi) is 4.94. The van der Waals surface area contributed by atoms with Gasteiger partial charge in [-0.15, -0.1) is 12.4 Å². The summed E-state index contributed by atoms with van der Waals surface area (Å²) in [5.41, 5.74) is 1.59. The van der Waals surface area contributed by atoms with Crippen LogP contribution in [-0.2, 0) is 4.79 Å². The predicted octanol–water partition coefficient (Wildman–Crippen LogP) is 4.70. The Hall–Kier alpha value is -1.58. The summed E-state index contributed by atoms with van der Waals surface area (Å²) < 4.78 is 0. The minimum absolute atomic E-state index is 0. The minimum Gasteiger partial charge on any atom is -0.333 e. The van der Waals surface area contributed by atoms with Gasteiger partial charge in [-0.2, -0.15) is 0 Å². The van der Waals surface area contributed by atoms with E-state index in [1.54, 1.807) is 0 Å². The normalized spacial score (nSPS) is 24.3. The van der Waals surface area contributed by atoms with Crippen LogP contribution in [0.1, 0.15) is 50.6 Å². The fourth-order valence-corrected chi connectivity index (χ4v) is 5.02. The number of hydrogen-bond donors (Lipinski definition) is 1. The zero-order chi connectivity index (χ0) is 17.7. The van der Waals surface area contributed by atoms with Gasteiger partial charge in [0.15, 0.2) is 0 Å². The molecule has 3 nitrogen and oxygen atoms in total. The quantitative estimate of drug-likeness (QED) is 0.828. The molecule has 0 aromatic heterocycles. The number of fused-ring (bicyclic) bond motifs is 1. The Bertz CT molecular complexity index is 841. The number of benzene rings is 2. The fourth-order valence-electron chi connectivity index (χ4n) is 5.02. The SMILES string of the molecule is CC(c1ccc2ccccc2c1)N(C(=O)C1CC12CCNCC2)C1CC1.Cl. The number of amides is 1. The van der Waals surface area contributed by atoms with Crippen LogP contribution in [0.25, 0.3) is 10.8 Å². The molecule has 2 unspecified atom stereocenters. The van der Waals surface area contributed by atoms with Crippen molar-refractivity contribution in [1.82, 2.24) is 10.2 Å². The summed E-state index contributed by atoms with van der Waals surface area (Å²) in [7, 11) is 0. The third-order valence-electron chi connectivity index (χ3n) is 6.96. The lowest BCUT2D eigenvalue weighted by atomic mass is 9.91. The van der Waals surface area contributed by atoms with Crippen LogP contribution in [0.15, 0.2) is 42.5 Å². The number of halogens is 1. The van der Waals surface area contributed by atoms with E-state index >= 15 is 0 Å². The molecule has 5 rings (SSSR count). The molecule has 1 saturated heterocycles. The highest BCUT2D eigenvalue weighted by atomic mass is 35.5. The van der Waals surface area contributed by atoms with E-state index in [4.69, 9.17) is 0 Å². The Balaban J connectivity index is 0.00000180. The van der Waals surface area contributed by atoms with Gasteiger partial charge in [-0.3, -0.25) is 4.79 Å². The van der Waals surface area contributed by atoms with Crippen LogP contribution >= 0.6 is 12.4 Å². The second-order valence-electron chi connectivity index (χ2n) is 8.63. The second-order valence-corrected chi connectivity index (χ2v) is 8.63. The molecule has 1 heterocycles. The molecule has 2 aromatic rings. The van der Waals surface area contributed by atoms with Crippen LogP contribution in [0.2, 0.25) is 0 Å². The Morgan fingerprint density at radius 3 is 2.52 bits per heavy atom. The van der Waals surface area contributed by atoms with Crippen LogP contribution in [0.5, 0.6) is 0 Å². The van der Waals surface area contributed by atoms with Crippen molar-refractivity contribution in [2.45, 2.75) is 51.1 Å². The number of piperidine rings is 1. The van der Waals surface area contributed by atoms with E-state index in [-0.39, 0.29) is 24.4 Å². The average molecular weight is 385 g/mol. The first-order chi connectivity index (χ1) is 12.7. The zero-order valence-electron chi connectivity index (χ0n) is 16.0. The van der Waals surface area contributed by atoms with Crippen molar-refractivity contribution in [2.24, 2.45) is 11.3 Å². The van der Waals surface area contributed by atoms with Gasteiger partial charge in [0.05, 0.1) is 6.04 Å². The molecule has 144 valence electrons. The van der Waals surface area contributed by atoms with Crippen molar-refractivity contribution < 1.29 is 4.79 Å². The summed E-state index contributed by atoms with van der Waals surface area (Å²) in [6.07, 6.45) is 5.80. The van der Waals surface area contributed by atoms with Gasteiger partial charge in [0.1, 0.15) is 0 Å². The first-order valence-electron chi connectivity index (χ1n) is 10.2. The topological polar surface area (TPSA) is 32.3 Å². The smallest absolute Gasteiger partial charge is 0.227 e. The first kappa shape index (κ1) is 18.8. The second kappa shape index (κ2) is 7.10. The minimum atomic E-state index is 0. The molecule has 27 heavy (non-hydrogen) atoms. The number of carbonyl (C=O) groups excluding carboxylic acids is 1. The largest absolute Gasteiger partial charge is 0.333 e. The van der Waals surface area contributed by atoms with Gasteiger partial charge >= 0.3 is 0 Å². The van der Waals surface area contributed by atoms with Gasteiger partial charge in [-0.05, 0) is 79.9 Å². The van der Waals surface area contributed by atoms with Crippen molar-refractivity contribution in [2.75, 3.05) is 13.1 Å². The molecule has 0 radical (unpaired) electrons. The fraction of sp³-hybridized carbons (Fsp3) is 0.522. The summed E-state index contributed by atoms with van der Waals surface area (Å²) in [6, 6.07) is 15.8. The highest BCUT2D eigenvalue weighted by Crippen LogP contribution is 2.60. The molecule has 1 amide bonds. The maximum absolute atomic E-state index is 13.4. The van der Waals surface area contributed by atoms with Crippen molar-refractivity contribution in [3.05, 3.63) is 48.0 Å². The molecule has 0 bridgehead atoms. The highest BCUT2D eigenvalue weighted by Gasteiger charge is 2.59. The summed E-state index contributed by atoms with van der Waals surface area (Å²) >= 11 is 0. The standard InChI is InChI=1S/C23H28N2O.ClH/c1-16(18-7-6-17-4-2-3-5-19(17)14-18)25(20-8-9-20)22(26)21-15-23(21)10-12-24-13-11-23;/h2-7,14,16,20-21,24H,8-13,15H2,1H3;1H. The molecular weight excluding hydrogens is 356 g/mol. The van der Waals surface area contributed by atoms with E-state index in [2.05, 4.69) is 59.6 Å². The molecule has 2 aliphatic carbocycles. The predicted molar refractivity (Wildman–Crippen MR) is 112 cm³/mol. The Morgan fingerprint density at radius 1 is 1.11 bits per heavy atom. The molecule has 1 aliphatic heterocycles. The van der Waals surface area contributed by atoms with E-state index in [1.807, 2.05) is 0 Å².